The van der Waals surface area contributed by atoms with Crippen molar-refractivity contribution in [3.63, 3.8) is 0 Å². The van der Waals surface area contributed by atoms with Crippen molar-refractivity contribution in [1.82, 2.24) is 0 Å². The monoisotopic (exact) mass is 1140 g/mol. The summed E-state index contributed by atoms with van der Waals surface area (Å²) >= 11 is 0. The van der Waals surface area contributed by atoms with Crippen molar-refractivity contribution in [2.24, 2.45) is 0 Å². The molecule has 6 heteroatoms. The molecule has 0 fully saturated rings. The van der Waals surface area contributed by atoms with Gasteiger partial charge in [0.05, 0.1) is 0 Å². The Hall–Kier alpha value is -3.93. The number of carbonyl (C=O) groups excluding carboxylic acids is 3. The van der Waals surface area contributed by atoms with Gasteiger partial charge in [-0.25, -0.2) is 0 Å². The van der Waals surface area contributed by atoms with Gasteiger partial charge >= 0.3 is 17.9 Å². The molecule has 0 aliphatic carbocycles. The van der Waals surface area contributed by atoms with Crippen molar-refractivity contribution in [3.8, 4) is 0 Å². The molecule has 0 heterocycles. The predicted octanol–water partition coefficient (Wildman–Crippen LogP) is 24.2. The molecule has 0 saturated carbocycles. The molecule has 0 amide bonds. The fourth-order valence-electron chi connectivity index (χ4n) is 9.77. The summed E-state index contributed by atoms with van der Waals surface area (Å²) < 4.78 is 17.0. The van der Waals surface area contributed by atoms with Gasteiger partial charge in [-0.15, -0.1) is 0 Å². The second kappa shape index (κ2) is 69.6. The maximum Gasteiger partial charge on any atom is 0.306 e. The number of carbonyl (C=O) groups is 3. The summed E-state index contributed by atoms with van der Waals surface area (Å²) in [7, 11) is 0. The van der Waals surface area contributed by atoms with Crippen molar-refractivity contribution in [2.45, 2.75) is 341 Å². The third-order valence-corrected chi connectivity index (χ3v) is 15.0. The molecule has 0 aromatic carbocycles. The topological polar surface area (TPSA) is 78.9 Å². The molecule has 0 spiro atoms. The van der Waals surface area contributed by atoms with Crippen LogP contribution in [0.15, 0.2) is 109 Å². The number of unbranched alkanes of at least 4 members (excludes halogenated alkanes) is 34. The van der Waals surface area contributed by atoms with E-state index >= 15 is 0 Å². The number of hydrogen-bond donors (Lipinski definition) is 0. The summed E-state index contributed by atoms with van der Waals surface area (Å²) in [6, 6.07) is 0. The van der Waals surface area contributed by atoms with Gasteiger partial charge in [-0.3, -0.25) is 14.4 Å². The minimum Gasteiger partial charge on any atom is -0.462 e. The molecular weight excluding hydrogens is 1010 g/mol. The lowest BCUT2D eigenvalue weighted by molar-refractivity contribution is -0.167. The third-order valence-electron chi connectivity index (χ3n) is 15.0. The van der Waals surface area contributed by atoms with Crippen LogP contribution in [-0.4, -0.2) is 37.2 Å². The zero-order valence-corrected chi connectivity index (χ0v) is 54.0. The van der Waals surface area contributed by atoms with Gasteiger partial charge in [0.2, 0.25) is 0 Å². The van der Waals surface area contributed by atoms with Crippen LogP contribution in [0, 0.1) is 0 Å². The Balaban J connectivity index is 4.41. The predicted molar refractivity (Wildman–Crippen MR) is 357 cm³/mol. The van der Waals surface area contributed by atoms with Gasteiger partial charge in [0.25, 0.3) is 0 Å². The van der Waals surface area contributed by atoms with Gasteiger partial charge in [-0.1, -0.05) is 297 Å². The number of ether oxygens (including phenoxy) is 3. The van der Waals surface area contributed by atoms with Crippen LogP contribution in [0.2, 0.25) is 0 Å². The van der Waals surface area contributed by atoms with Gasteiger partial charge in [-0.2, -0.15) is 0 Å². The Bertz CT molecular complexity index is 1640. The van der Waals surface area contributed by atoms with Crippen LogP contribution in [0.1, 0.15) is 335 Å². The quantitative estimate of drug-likeness (QED) is 0.0261. The SMILES string of the molecule is CC/C=C\C/C=C\C/C=C\C/C=C\C/C=C\C/C=C\CCCCCCC(=O)OC(COC(=O)CCCCCCC/C=C\CCCCCCCCC)COC(=O)CCCCCCCCCCCCCCC/C=C\C/C=C\CCCCCCC. The smallest absolute Gasteiger partial charge is 0.306 e. The fraction of sp³-hybridized carbons (Fsp3) is 0.724. The van der Waals surface area contributed by atoms with Crippen LogP contribution in [0.25, 0.3) is 0 Å². The molecule has 0 rings (SSSR count). The van der Waals surface area contributed by atoms with E-state index in [0.717, 1.165) is 122 Å². The Kier molecular flexibility index (Phi) is 66.2. The molecule has 1 atom stereocenters. The molecule has 0 aliphatic rings. The van der Waals surface area contributed by atoms with Crippen molar-refractivity contribution >= 4 is 17.9 Å². The van der Waals surface area contributed by atoms with Gasteiger partial charge in [0.1, 0.15) is 13.2 Å². The second-order valence-corrected chi connectivity index (χ2v) is 23.1. The van der Waals surface area contributed by atoms with E-state index in [1.165, 1.54) is 173 Å². The zero-order valence-electron chi connectivity index (χ0n) is 54.0. The van der Waals surface area contributed by atoms with E-state index in [9.17, 15) is 14.4 Å². The number of allylic oxidation sites excluding steroid dienone is 18. The summed E-state index contributed by atoms with van der Waals surface area (Å²) in [5.41, 5.74) is 0. The number of hydrogen-bond acceptors (Lipinski definition) is 6. The first-order valence-electron chi connectivity index (χ1n) is 34.9. The molecule has 1 unspecified atom stereocenters. The average molecular weight is 1140 g/mol. The highest BCUT2D eigenvalue weighted by Crippen LogP contribution is 2.16. The molecule has 0 bridgehead atoms. The van der Waals surface area contributed by atoms with Gasteiger partial charge in [-0.05, 0) is 128 Å². The van der Waals surface area contributed by atoms with E-state index in [1.807, 2.05) is 0 Å². The van der Waals surface area contributed by atoms with E-state index in [1.54, 1.807) is 0 Å². The fourth-order valence-corrected chi connectivity index (χ4v) is 9.77. The first kappa shape index (κ1) is 78.1. The summed E-state index contributed by atoms with van der Waals surface area (Å²) in [5, 5.41) is 0. The number of esters is 3. The van der Waals surface area contributed by atoms with Crippen molar-refractivity contribution in [3.05, 3.63) is 109 Å². The molecule has 0 aromatic heterocycles. The average Bonchev–Trinajstić information content (AvgIpc) is 3.47. The van der Waals surface area contributed by atoms with Crippen molar-refractivity contribution < 1.29 is 28.6 Å². The summed E-state index contributed by atoms with van der Waals surface area (Å²) in [6.45, 7) is 6.52. The molecule has 0 aliphatic heterocycles. The summed E-state index contributed by atoms with van der Waals surface area (Å²) in [6.07, 6.45) is 95.3. The lowest BCUT2D eigenvalue weighted by Crippen LogP contribution is -2.30. The minimum atomic E-state index is -0.799. The standard InChI is InChI=1S/C76H130O6/c1-4-7-10-13-16-19-22-25-28-31-33-35-37-38-40-41-43-45-48-51-54-57-60-63-66-69-75(78)81-72-73(71-80-74(77)68-65-62-59-56-53-50-47-30-27-24-21-18-15-12-9-6-3)82-76(79)70-67-64-61-58-55-52-49-46-44-42-39-36-34-32-29-26-23-20-17-14-11-8-5-2/h8,11,17,20,22,25-26,29-31,33-34,36,42,44,47,49,52,73H,4-7,9-10,12-16,18-19,21,23-24,27-28,32,35,37-41,43,45-46,48,50-51,53-72H2,1-3H3/b11-8-,20-17-,25-22-,29-26-,33-31-,36-34-,44-42-,47-30-,52-49-. The third kappa shape index (κ3) is 66.9. The molecule has 0 N–H and O–H groups in total. The maximum absolute atomic E-state index is 13.0. The lowest BCUT2D eigenvalue weighted by Gasteiger charge is -2.18. The zero-order chi connectivity index (χ0) is 59.2. The van der Waals surface area contributed by atoms with Crippen LogP contribution in [0.3, 0.4) is 0 Å². The van der Waals surface area contributed by atoms with E-state index in [-0.39, 0.29) is 31.1 Å². The van der Waals surface area contributed by atoms with Crippen molar-refractivity contribution in [1.29, 1.82) is 0 Å². The normalized spacial score (nSPS) is 12.8. The Morgan fingerprint density at radius 1 is 0.256 bits per heavy atom. The van der Waals surface area contributed by atoms with Crippen molar-refractivity contribution in [2.75, 3.05) is 13.2 Å². The van der Waals surface area contributed by atoms with Crippen LogP contribution in [0.5, 0.6) is 0 Å². The van der Waals surface area contributed by atoms with Crippen LogP contribution in [-0.2, 0) is 28.6 Å². The van der Waals surface area contributed by atoms with Gasteiger partial charge in [0.15, 0.2) is 6.10 Å². The number of rotatable bonds is 63. The van der Waals surface area contributed by atoms with Gasteiger partial charge < -0.3 is 14.2 Å². The van der Waals surface area contributed by atoms with E-state index in [2.05, 4.69) is 130 Å². The van der Waals surface area contributed by atoms with E-state index in [0.29, 0.717) is 19.3 Å². The summed E-state index contributed by atoms with van der Waals surface area (Å²) in [4.78, 5) is 38.5. The second-order valence-electron chi connectivity index (χ2n) is 23.1. The highest BCUT2D eigenvalue weighted by molar-refractivity contribution is 5.71. The highest BCUT2D eigenvalue weighted by Gasteiger charge is 2.19. The molecule has 0 radical (unpaired) electrons. The molecule has 470 valence electrons. The lowest BCUT2D eigenvalue weighted by atomic mass is 10.0. The van der Waals surface area contributed by atoms with E-state index in [4.69, 9.17) is 14.2 Å². The minimum absolute atomic E-state index is 0.0912. The Morgan fingerprint density at radius 3 is 0.756 bits per heavy atom. The Morgan fingerprint density at radius 2 is 0.476 bits per heavy atom. The van der Waals surface area contributed by atoms with Crippen LogP contribution < -0.4 is 0 Å². The first-order valence-corrected chi connectivity index (χ1v) is 34.9. The highest BCUT2D eigenvalue weighted by atomic mass is 16.6. The Labute approximate surface area is 508 Å². The first-order chi connectivity index (χ1) is 40.5. The molecular formula is C76H130O6. The van der Waals surface area contributed by atoms with Gasteiger partial charge in [0, 0.05) is 19.3 Å². The maximum atomic E-state index is 13.0. The molecule has 6 nitrogen and oxygen atoms in total. The van der Waals surface area contributed by atoms with E-state index < -0.39 is 6.10 Å². The molecule has 0 saturated heterocycles. The largest absolute Gasteiger partial charge is 0.462 e. The van der Waals surface area contributed by atoms with Crippen LogP contribution in [0.4, 0.5) is 0 Å². The van der Waals surface area contributed by atoms with Crippen LogP contribution >= 0.6 is 0 Å². The molecule has 0 aromatic rings. The molecule has 82 heavy (non-hydrogen) atoms. The summed E-state index contributed by atoms with van der Waals surface area (Å²) in [5.74, 6) is -0.913.